The number of carbonyl (C=O) groups excluding carboxylic acids is 1. The van der Waals surface area contributed by atoms with Crippen molar-refractivity contribution in [2.24, 2.45) is 0 Å². The summed E-state index contributed by atoms with van der Waals surface area (Å²) in [5.74, 6) is 0.140. The summed E-state index contributed by atoms with van der Waals surface area (Å²) in [6, 6.07) is 7.10. The van der Waals surface area contributed by atoms with Crippen molar-refractivity contribution in [3.63, 3.8) is 0 Å². The van der Waals surface area contributed by atoms with Crippen LogP contribution < -0.4 is 16.0 Å². The molecule has 2 heterocycles. The molecule has 1 fully saturated rings. The standard InChI is InChI=1S/C16H23N3O/c20-16-7-5-13-10-12(4-6-15(13)19-16)2-1-3-14-11-17-8-9-18-14/h4,6,10,14,17-18H,1-3,5,7-9,11H2,(H,19,20). The van der Waals surface area contributed by atoms with Crippen molar-refractivity contribution in [3.05, 3.63) is 29.3 Å². The summed E-state index contributed by atoms with van der Waals surface area (Å²) in [6.07, 6.45) is 5.06. The normalized spacial score (nSPS) is 22.2. The number of nitrogens with one attached hydrogen (secondary N) is 3. The zero-order chi connectivity index (χ0) is 13.8. The molecule has 1 aromatic carbocycles. The molecule has 3 N–H and O–H groups in total. The van der Waals surface area contributed by atoms with Gasteiger partial charge in [0.15, 0.2) is 0 Å². The number of anilines is 1. The second kappa shape index (κ2) is 6.37. The van der Waals surface area contributed by atoms with E-state index < -0.39 is 0 Å². The van der Waals surface area contributed by atoms with Crippen LogP contribution in [0.4, 0.5) is 5.69 Å². The van der Waals surface area contributed by atoms with Crippen molar-refractivity contribution >= 4 is 11.6 Å². The second-order valence-corrected chi connectivity index (χ2v) is 5.79. The summed E-state index contributed by atoms with van der Waals surface area (Å²) in [5.41, 5.74) is 3.69. The number of rotatable bonds is 4. The van der Waals surface area contributed by atoms with Crippen LogP contribution >= 0.6 is 0 Å². The van der Waals surface area contributed by atoms with Crippen LogP contribution in [0.25, 0.3) is 0 Å². The van der Waals surface area contributed by atoms with Gasteiger partial charge in [0, 0.05) is 37.8 Å². The molecular weight excluding hydrogens is 250 g/mol. The van der Waals surface area contributed by atoms with E-state index >= 15 is 0 Å². The summed E-state index contributed by atoms with van der Waals surface area (Å²) < 4.78 is 0. The minimum atomic E-state index is 0.140. The van der Waals surface area contributed by atoms with E-state index in [0.29, 0.717) is 12.5 Å². The fourth-order valence-electron chi connectivity index (χ4n) is 3.06. The third kappa shape index (κ3) is 3.38. The van der Waals surface area contributed by atoms with Crippen molar-refractivity contribution in [1.82, 2.24) is 10.6 Å². The zero-order valence-corrected chi connectivity index (χ0v) is 11.9. The van der Waals surface area contributed by atoms with Gasteiger partial charge in [0.1, 0.15) is 0 Å². The van der Waals surface area contributed by atoms with Crippen LogP contribution in [-0.2, 0) is 17.6 Å². The number of hydrogen-bond acceptors (Lipinski definition) is 3. The van der Waals surface area contributed by atoms with Gasteiger partial charge in [-0.2, -0.15) is 0 Å². The Kier molecular flexibility index (Phi) is 4.33. The molecule has 0 saturated carbocycles. The molecule has 1 saturated heterocycles. The molecular formula is C16H23N3O. The van der Waals surface area contributed by atoms with E-state index in [1.807, 2.05) is 0 Å². The molecule has 4 heteroatoms. The first kappa shape index (κ1) is 13.6. The van der Waals surface area contributed by atoms with E-state index in [1.54, 1.807) is 0 Å². The van der Waals surface area contributed by atoms with E-state index in [1.165, 1.54) is 24.0 Å². The number of fused-ring (bicyclic) bond motifs is 1. The Balaban J connectivity index is 1.51. The third-order valence-electron chi connectivity index (χ3n) is 4.21. The SMILES string of the molecule is O=C1CCc2cc(CCCC3CNCCN3)ccc2N1. The number of benzene rings is 1. The molecule has 20 heavy (non-hydrogen) atoms. The van der Waals surface area contributed by atoms with Crippen molar-refractivity contribution in [3.8, 4) is 0 Å². The highest BCUT2D eigenvalue weighted by molar-refractivity contribution is 5.93. The summed E-state index contributed by atoms with van der Waals surface area (Å²) in [7, 11) is 0. The van der Waals surface area contributed by atoms with Gasteiger partial charge in [0.25, 0.3) is 0 Å². The van der Waals surface area contributed by atoms with Gasteiger partial charge in [-0.1, -0.05) is 12.1 Å². The van der Waals surface area contributed by atoms with E-state index in [4.69, 9.17) is 0 Å². The molecule has 1 amide bonds. The summed E-state index contributed by atoms with van der Waals surface area (Å²) in [5, 5.41) is 9.91. The fraction of sp³-hybridized carbons (Fsp3) is 0.562. The van der Waals surface area contributed by atoms with Crippen LogP contribution in [0.2, 0.25) is 0 Å². The lowest BCUT2D eigenvalue weighted by atomic mass is 9.97. The first-order valence-corrected chi connectivity index (χ1v) is 7.67. The molecule has 0 aliphatic carbocycles. The van der Waals surface area contributed by atoms with E-state index in [0.717, 1.165) is 38.2 Å². The molecule has 0 bridgehead atoms. The van der Waals surface area contributed by atoms with Crippen molar-refractivity contribution in [2.45, 2.75) is 38.1 Å². The topological polar surface area (TPSA) is 53.2 Å². The molecule has 1 unspecified atom stereocenters. The highest BCUT2D eigenvalue weighted by Gasteiger charge is 2.15. The summed E-state index contributed by atoms with van der Waals surface area (Å²) in [4.78, 5) is 11.3. The van der Waals surface area contributed by atoms with E-state index in [9.17, 15) is 4.79 Å². The van der Waals surface area contributed by atoms with Crippen LogP contribution in [0, 0.1) is 0 Å². The van der Waals surface area contributed by atoms with Crippen LogP contribution in [-0.4, -0.2) is 31.6 Å². The Morgan fingerprint density at radius 2 is 2.15 bits per heavy atom. The predicted molar refractivity (Wildman–Crippen MR) is 81.0 cm³/mol. The average Bonchev–Trinajstić information content (AvgIpc) is 2.48. The lowest BCUT2D eigenvalue weighted by Crippen LogP contribution is -2.48. The van der Waals surface area contributed by atoms with Gasteiger partial charge in [-0.3, -0.25) is 4.79 Å². The van der Waals surface area contributed by atoms with Crippen LogP contribution in [0.1, 0.15) is 30.4 Å². The van der Waals surface area contributed by atoms with Gasteiger partial charge in [-0.25, -0.2) is 0 Å². The quantitative estimate of drug-likeness (QED) is 0.778. The Morgan fingerprint density at radius 3 is 3.00 bits per heavy atom. The fourth-order valence-corrected chi connectivity index (χ4v) is 3.06. The molecule has 108 valence electrons. The summed E-state index contributed by atoms with van der Waals surface area (Å²) >= 11 is 0. The smallest absolute Gasteiger partial charge is 0.224 e. The molecule has 4 nitrogen and oxygen atoms in total. The predicted octanol–water partition coefficient (Wildman–Crippen LogP) is 1.46. The molecule has 0 radical (unpaired) electrons. The monoisotopic (exact) mass is 273 g/mol. The number of piperazine rings is 1. The molecule has 2 aliphatic rings. The highest BCUT2D eigenvalue weighted by Crippen LogP contribution is 2.24. The van der Waals surface area contributed by atoms with Gasteiger partial charge >= 0.3 is 0 Å². The third-order valence-corrected chi connectivity index (χ3v) is 4.21. The average molecular weight is 273 g/mol. The van der Waals surface area contributed by atoms with Gasteiger partial charge in [0.2, 0.25) is 5.91 Å². The van der Waals surface area contributed by atoms with E-state index in [2.05, 4.69) is 34.1 Å². The van der Waals surface area contributed by atoms with Crippen LogP contribution in [0.15, 0.2) is 18.2 Å². The van der Waals surface area contributed by atoms with Crippen molar-refractivity contribution in [1.29, 1.82) is 0 Å². The molecule has 1 aromatic rings. The largest absolute Gasteiger partial charge is 0.326 e. The highest BCUT2D eigenvalue weighted by atomic mass is 16.1. The van der Waals surface area contributed by atoms with Crippen LogP contribution in [0.5, 0.6) is 0 Å². The minimum absolute atomic E-state index is 0.140. The zero-order valence-electron chi connectivity index (χ0n) is 11.9. The molecule has 0 aromatic heterocycles. The van der Waals surface area contributed by atoms with Gasteiger partial charge in [-0.05, 0) is 42.9 Å². The Hall–Kier alpha value is -1.39. The number of aryl methyl sites for hydroxylation is 2. The van der Waals surface area contributed by atoms with Gasteiger partial charge in [0.05, 0.1) is 0 Å². The Morgan fingerprint density at radius 1 is 1.20 bits per heavy atom. The number of hydrogen-bond donors (Lipinski definition) is 3. The lowest BCUT2D eigenvalue weighted by Gasteiger charge is -2.24. The van der Waals surface area contributed by atoms with Crippen molar-refractivity contribution in [2.75, 3.05) is 25.0 Å². The maximum atomic E-state index is 11.3. The van der Waals surface area contributed by atoms with Crippen LogP contribution in [0.3, 0.4) is 0 Å². The van der Waals surface area contributed by atoms with Crippen molar-refractivity contribution < 1.29 is 4.79 Å². The maximum Gasteiger partial charge on any atom is 0.224 e. The first-order valence-electron chi connectivity index (χ1n) is 7.67. The molecule has 1 atom stereocenters. The second-order valence-electron chi connectivity index (χ2n) is 5.79. The molecule has 0 spiro atoms. The molecule has 2 aliphatic heterocycles. The lowest BCUT2D eigenvalue weighted by molar-refractivity contribution is -0.116. The summed E-state index contributed by atoms with van der Waals surface area (Å²) in [6.45, 7) is 3.27. The van der Waals surface area contributed by atoms with Gasteiger partial charge < -0.3 is 16.0 Å². The first-order chi connectivity index (χ1) is 9.81. The number of amides is 1. The Bertz CT molecular complexity index is 481. The molecule has 3 rings (SSSR count). The number of carbonyl (C=O) groups is 1. The Labute approximate surface area is 120 Å². The van der Waals surface area contributed by atoms with Gasteiger partial charge in [-0.15, -0.1) is 0 Å². The van der Waals surface area contributed by atoms with E-state index in [-0.39, 0.29) is 5.91 Å². The maximum absolute atomic E-state index is 11.3. The minimum Gasteiger partial charge on any atom is -0.326 e.